The molecule has 0 atom stereocenters. The quantitative estimate of drug-likeness (QED) is 0.542. The predicted octanol–water partition coefficient (Wildman–Crippen LogP) is 0.972. The minimum absolute atomic E-state index is 0.00614. The summed E-state index contributed by atoms with van der Waals surface area (Å²) in [7, 11) is 0. The Balaban J connectivity index is 2.53. The molecule has 2 N–H and O–H groups in total. The lowest BCUT2D eigenvalue weighted by atomic mass is 10.3. The Bertz CT molecular complexity index is 284. The van der Waals surface area contributed by atoms with E-state index in [1.165, 1.54) is 5.01 Å². The Kier molecular flexibility index (Phi) is 5.35. The first kappa shape index (κ1) is 11.6. The second kappa shape index (κ2) is 6.92. The smallest absolute Gasteiger partial charge is 0.0874 e. The van der Waals surface area contributed by atoms with Crippen molar-refractivity contribution in [1.82, 2.24) is 5.01 Å². The first-order chi connectivity index (χ1) is 7.36. The van der Waals surface area contributed by atoms with Crippen molar-refractivity contribution in [3.8, 4) is 0 Å². The summed E-state index contributed by atoms with van der Waals surface area (Å²) in [5, 5.41) is 26.9. The van der Waals surface area contributed by atoms with Gasteiger partial charge in [0.15, 0.2) is 0 Å². The van der Waals surface area contributed by atoms with E-state index in [0.717, 1.165) is 5.69 Å². The van der Waals surface area contributed by atoms with Gasteiger partial charge in [0, 0.05) is 0 Å². The van der Waals surface area contributed by atoms with Crippen molar-refractivity contribution >= 4 is 5.69 Å². The average molecular weight is 209 g/mol. The molecule has 5 nitrogen and oxygen atoms in total. The molecule has 0 aliphatic heterocycles. The Morgan fingerprint density at radius 1 is 1.00 bits per heavy atom. The van der Waals surface area contributed by atoms with Gasteiger partial charge in [-0.05, 0) is 12.1 Å². The summed E-state index contributed by atoms with van der Waals surface area (Å²) >= 11 is 0. The summed E-state index contributed by atoms with van der Waals surface area (Å²) in [6.45, 7) is 0.732. The van der Waals surface area contributed by atoms with Crippen LogP contribution in [0.3, 0.4) is 0 Å². The topological polar surface area (TPSA) is 68.4 Å². The van der Waals surface area contributed by atoms with Crippen molar-refractivity contribution in [2.45, 2.75) is 0 Å². The summed E-state index contributed by atoms with van der Waals surface area (Å²) in [4.78, 5) is 0. The molecule has 1 aromatic carbocycles. The van der Waals surface area contributed by atoms with Crippen LogP contribution < -0.4 is 0 Å². The maximum atomic E-state index is 8.74. The first-order valence-corrected chi connectivity index (χ1v) is 4.80. The van der Waals surface area contributed by atoms with E-state index in [4.69, 9.17) is 10.2 Å². The number of aliphatic hydroxyl groups excluding tert-OH is 2. The normalized spacial score (nSPS) is 10.8. The van der Waals surface area contributed by atoms with Gasteiger partial charge in [-0.2, -0.15) is 0 Å². The fourth-order valence-corrected chi connectivity index (χ4v) is 1.04. The fourth-order valence-electron chi connectivity index (χ4n) is 1.04. The van der Waals surface area contributed by atoms with E-state index in [0.29, 0.717) is 13.1 Å². The fraction of sp³-hybridized carbons (Fsp3) is 0.400. The molecule has 0 aliphatic rings. The Hall–Kier alpha value is -1.46. The van der Waals surface area contributed by atoms with Crippen LogP contribution in [0.2, 0.25) is 0 Å². The molecule has 5 heteroatoms. The summed E-state index contributed by atoms with van der Waals surface area (Å²) in [5.41, 5.74) is 0.748. The highest BCUT2D eigenvalue weighted by atomic mass is 16.3. The highest BCUT2D eigenvalue weighted by Gasteiger charge is 1.98. The molecular formula is C10H15N3O2. The Labute approximate surface area is 88.7 Å². The van der Waals surface area contributed by atoms with Crippen molar-refractivity contribution in [2.24, 2.45) is 10.3 Å². The zero-order valence-corrected chi connectivity index (χ0v) is 8.45. The van der Waals surface area contributed by atoms with Crippen LogP contribution in [0.25, 0.3) is 0 Å². The summed E-state index contributed by atoms with van der Waals surface area (Å²) in [6, 6.07) is 9.31. The van der Waals surface area contributed by atoms with Gasteiger partial charge >= 0.3 is 0 Å². The SMILES string of the molecule is OCCN(CCO)/N=N/c1ccccc1. The van der Waals surface area contributed by atoms with Crippen molar-refractivity contribution in [2.75, 3.05) is 26.3 Å². The molecule has 82 valence electrons. The van der Waals surface area contributed by atoms with Crippen LogP contribution in [0.15, 0.2) is 40.7 Å². The van der Waals surface area contributed by atoms with Crippen LogP contribution in [0, 0.1) is 0 Å². The second-order valence-corrected chi connectivity index (χ2v) is 2.93. The second-order valence-electron chi connectivity index (χ2n) is 2.93. The van der Waals surface area contributed by atoms with Gasteiger partial charge in [-0.25, -0.2) is 0 Å². The first-order valence-electron chi connectivity index (χ1n) is 4.80. The number of aliphatic hydroxyl groups is 2. The van der Waals surface area contributed by atoms with Gasteiger partial charge < -0.3 is 10.2 Å². The van der Waals surface area contributed by atoms with Gasteiger partial charge in [-0.3, -0.25) is 5.01 Å². The molecule has 0 fully saturated rings. The highest BCUT2D eigenvalue weighted by molar-refractivity contribution is 5.34. The zero-order valence-electron chi connectivity index (χ0n) is 8.45. The molecule has 15 heavy (non-hydrogen) atoms. The van der Waals surface area contributed by atoms with Crippen molar-refractivity contribution in [3.05, 3.63) is 30.3 Å². The molecule has 0 spiro atoms. The molecule has 0 aliphatic carbocycles. The monoisotopic (exact) mass is 209 g/mol. The van der Waals surface area contributed by atoms with E-state index in [-0.39, 0.29) is 13.2 Å². The van der Waals surface area contributed by atoms with Crippen LogP contribution in [-0.4, -0.2) is 41.5 Å². The number of benzene rings is 1. The lowest BCUT2D eigenvalue weighted by Gasteiger charge is -2.13. The molecule has 0 saturated heterocycles. The predicted molar refractivity (Wildman–Crippen MR) is 56.7 cm³/mol. The molecule has 1 aromatic rings. The van der Waals surface area contributed by atoms with Crippen molar-refractivity contribution in [1.29, 1.82) is 0 Å². The van der Waals surface area contributed by atoms with Gasteiger partial charge in [-0.15, -0.1) is 5.11 Å². The van der Waals surface area contributed by atoms with Gasteiger partial charge in [-0.1, -0.05) is 23.4 Å². The average Bonchev–Trinajstić information content (AvgIpc) is 2.28. The Morgan fingerprint density at radius 2 is 1.60 bits per heavy atom. The standard InChI is InChI=1S/C10H15N3O2/c14-8-6-13(7-9-15)12-11-10-4-2-1-3-5-10/h1-5,14-15H,6-9H2/b12-11+. The number of hydrogen-bond donors (Lipinski definition) is 2. The van der Waals surface area contributed by atoms with Crippen molar-refractivity contribution < 1.29 is 10.2 Å². The number of rotatable bonds is 6. The molecule has 0 unspecified atom stereocenters. The van der Waals surface area contributed by atoms with E-state index < -0.39 is 0 Å². The molecule has 0 radical (unpaired) electrons. The maximum absolute atomic E-state index is 8.74. The van der Waals surface area contributed by atoms with Crippen LogP contribution >= 0.6 is 0 Å². The van der Waals surface area contributed by atoms with E-state index in [1.807, 2.05) is 30.3 Å². The van der Waals surface area contributed by atoms with E-state index >= 15 is 0 Å². The third-order valence-corrected chi connectivity index (χ3v) is 1.76. The third kappa shape index (κ3) is 4.53. The van der Waals surface area contributed by atoms with Crippen LogP contribution in [0.4, 0.5) is 5.69 Å². The molecule has 0 saturated carbocycles. The number of hydrogen-bond acceptors (Lipinski definition) is 4. The Morgan fingerprint density at radius 3 is 2.13 bits per heavy atom. The van der Waals surface area contributed by atoms with Crippen LogP contribution in [0.1, 0.15) is 0 Å². The van der Waals surface area contributed by atoms with E-state index in [1.54, 1.807) is 0 Å². The minimum atomic E-state index is -0.00614. The van der Waals surface area contributed by atoms with Crippen LogP contribution in [-0.2, 0) is 0 Å². The molecule has 1 rings (SSSR count). The number of nitrogens with zero attached hydrogens (tertiary/aromatic N) is 3. The van der Waals surface area contributed by atoms with E-state index in [2.05, 4.69) is 10.3 Å². The largest absolute Gasteiger partial charge is 0.394 e. The van der Waals surface area contributed by atoms with Gasteiger partial charge in [0.25, 0.3) is 0 Å². The van der Waals surface area contributed by atoms with Gasteiger partial charge in [0.05, 0.1) is 32.0 Å². The summed E-state index contributed by atoms with van der Waals surface area (Å²) in [5.74, 6) is 0. The third-order valence-electron chi connectivity index (χ3n) is 1.76. The molecular weight excluding hydrogens is 194 g/mol. The summed E-state index contributed by atoms with van der Waals surface area (Å²) in [6.07, 6.45) is 0. The highest BCUT2D eigenvalue weighted by Crippen LogP contribution is 2.10. The molecule has 0 bridgehead atoms. The minimum Gasteiger partial charge on any atom is -0.394 e. The lowest BCUT2D eigenvalue weighted by Crippen LogP contribution is -2.24. The lowest BCUT2D eigenvalue weighted by molar-refractivity contribution is 0.158. The van der Waals surface area contributed by atoms with E-state index in [9.17, 15) is 0 Å². The van der Waals surface area contributed by atoms with Gasteiger partial charge in [0.1, 0.15) is 0 Å². The molecule has 0 heterocycles. The molecule has 0 aromatic heterocycles. The van der Waals surface area contributed by atoms with Crippen LogP contribution in [0.5, 0.6) is 0 Å². The van der Waals surface area contributed by atoms with Crippen molar-refractivity contribution in [3.63, 3.8) is 0 Å². The zero-order chi connectivity index (χ0) is 10.9. The summed E-state index contributed by atoms with van der Waals surface area (Å²) < 4.78 is 0. The maximum Gasteiger partial charge on any atom is 0.0874 e. The molecule has 0 amide bonds. The van der Waals surface area contributed by atoms with Gasteiger partial charge in [0.2, 0.25) is 0 Å².